The Morgan fingerprint density at radius 3 is 2.52 bits per heavy atom. The highest BCUT2D eigenvalue weighted by molar-refractivity contribution is 9.10. The van der Waals surface area contributed by atoms with Crippen LogP contribution in [0.2, 0.25) is 0 Å². The lowest BCUT2D eigenvalue weighted by atomic mass is 10.0. The number of H-pyrrole nitrogens is 1. The molecule has 150 valence electrons. The molecule has 9 heteroatoms. The Bertz CT molecular complexity index is 1030. The summed E-state index contributed by atoms with van der Waals surface area (Å²) in [6.07, 6.45) is 1.97. The summed E-state index contributed by atoms with van der Waals surface area (Å²) < 4.78 is 0.869. The van der Waals surface area contributed by atoms with Gasteiger partial charge in [-0.05, 0) is 35.9 Å². The molecule has 0 bridgehead atoms. The number of benzene rings is 2. The first-order valence-corrected chi connectivity index (χ1v) is 9.59. The van der Waals surface area contributed by atoms with Crippen molar-refractivity contribution in [2.75, 3.05) is 11.9 Å². The van der Waals surface area contributed by atoms with Crippen molar-refractivity contribution in [3.8, 4) is 0 Å². The van der Waals surface area contributed by atoms with E-state index in [1.807, 2.05) is 24.3 Å². The second-order valence-electron chi connectivity index (χ2n) is 6.33. The number of para-hydroxylation sites is 1. The highest BCUT2D eigenvalue weighted by atomic mass is 79.9. The summed E-state index contributed by atoms with van der Waals surface area (Å²) in [5.74, 6) is -1.74. The molecule has 0 fully saturated rings. The first kappa shape index (κ1) is 20.4. The number of hydrogen-bond donors (Lipinski definition) is 5. The highest BCUT2D eigenvalue weighted by Crippen LogP contribution is 2.19. The van der Waals surface area contributed by atoms with Crippen molar-refractivity contribution < 1.29 is 19.5 Å². The largest absolute Gasteiger partial charge is 0.480 e. The van der Waals surface area contributed by atoms with Crippen LogP contribution in [0.25, 0.3) is 10.9 Å². The summed E-state index contributed by atoms with van der Waals surface area (Å²) in [5, 5.41) is 17.4. The van der Waals surface area contributed by atoms with E-state index >= 15 is 0 Å². The number of urea groups is 1. The van der Waals surface area contributed by atoms with Crippen LogP contribution in [0.1, 0.15) is 5.56 Å². The molecule has 0 saturated heterocycles. The number of carboxylic acid groups (broad SMARTS) is 1. The number of aliphatic carboxylic acids is 1. The predicted molar refractivity (Wildman–Crippen MR) is 113 cm³/mol. The van der Waals surface area contributed by atoms with E-state index in [1.165, 1.54) is 0 Å². The van der Waals surface area contributed by atoms with Gasteiger partial charge in [-0.25, -0.2) is 4.79 Å². The number of nitrogens with one attached hydrogen (secondary N) is 4. The Morgan fingerprint density at radius 2 is 1.79 bits per heavy atom. The number of carbonyl (C=O) groups is 3. The molecular formula is C20H19BrN4O4. The minimum absolute atomic E-state index is 0.198. The maximum absolute atomic E-state index is 12.5. The molecule has 0 aliphatic carbocycles. The van der Waals surface area contributed by atoms with Crippen molar-refractivity contribution in [3.63, 3.8) is 0 Å². The number of hydrogen-bond acceptors (Lipinski definition) is 3. The zero-order valence-electron chi connectivity index (χ0n) is 15.2. The monoisotopic (exact) mass is 458 g/mol. The average molecular weight is 459 g/mol. The van der Waals surface area contributed by atoms with Crippen LogP contribution in [0.3, 0.4) is 0 Å². The summed E-state index contributed by atoms with van der Waals surface area (Å²) in [4.78, 5) is 38.8. The topological polar surface area (TPSA) is 123 Å². The summed E-state index contributed by atoms with van der Waals surface area (Å²) in [6, 6.07) is 13.0. The van der Waals surface area contributed by atoms with Gasteiger partial charge in [0.1, 0.15) is 12.6 Å². The Kier molecular flexibility index (Phi) is 6.50. The lowest BCUT2D eigenvalue weighted by molar-refractivity contribution is -0.138. The van der Waals surface area contributed by atoms with Crippen LogP contribution >= 0.6 is 15.9 Å². The maximum atomic E-state index is 12.5. The molecule has 29 heavy (non-hydrogen) atoms. The number of amides is 3. The number of aromatic amines is 1. The molecule has 8 nitrogen and oxygen atoms in total. The average Bonchev–Trinajstić information content (AvgIpc) is 3.10. The number of carboxylic acids is 1. The van der Waals surface area contributed by atoms with E-state index in [2.05, 4.69) is 36.9 Å². The van der Waals surface area contributed by atoms with E-state index in [9.17, 15) is 14.4 Å². The van der Waals surface area contributed by atoms with E-state index in [-0.39, 0.29) is 6.42 Å². The second kappa shape index (κ2) is 9.24. The molecule has 0 radical (unpaired) electrons. The first-order valence-electron chi connectivity index (χ1n) is 8.80. The fourth-order valence-electron chi connectivity index (χ4n) is 2.87. The van der Waals surface area contributed by atoms with Gasteiger partial charge in [0.2, 0.25) is 5.91 Å². The normalized spacial score (nSPS) is 11.6. The van der Waals surface area contributed by atoms with Crippen molar-refractivity contribution in [3.05, 3.63) is 64.8 Å². The molecule has 0 aliphatic rings. The first-order chi connectivity index (χ1) is 13.9. The number of carbonyl (C=O) groups excluding carboxylic acids is 2. The summed E-state index contributed by atoms with van der Waals surface area (Å²) in [7, 11) is 0. The molecule has 0 aliphatic heterocycles. The SMILES string of the molecule is O=C(O)CNC(=O)C(Cc1c[nH]c2ccccc12)NC(=O)Nc1ccc(Br)cc1. The van der Waals surface area contributed by atoms with Gasteiger partial charge in [0.05, 0.1) is 0 Å². The third-order valence-corrected chi connectivity index (χ3v) is 4.77. The number of halogens is 1. The van der Waals surface area contributed by atoms with Crippen LogP contribution in [-0.4, -0.2) is 40.6 Å². The van der Waals surface area contributed by atoms with E-state index in [0.717, 1.165) is 20.9 Å². The van der Waals surface area contributed by atoms with Gasteiger partial charge in [0, 0.05) is 33.7 Å². The van der Waals surface area contributed by atoms with Crippen LogP contribution < -0.4 is 16.0 Å². The van der Waals surface area contributed by atoms with E-state index in [0.29, 0.717) is 5.69 Å². The van der Waals surface area contributed by atoms with E-state index < -0.39 is 30.5 Å². The smallest absolute Gasteiger partial charge is 0.322 e. The molecule has 1 unspecified atom stereocenters. The third kappa shape index (κ3) is 5.58. The quantitative estimate of drug-likeness (QED) is 0.373. The molecular weight excluding hydrogens is 440 g/mol. The van der Waals surface area contributed by atoms with Crippen LogP contribution in [0.4, 0.5) is 10.5 Å². The van der Waals surface area contributed by atoms with Crippen LogP contribution in [0, 0.1) is 0 Å². The van der Waals surface area contributed by atoms with Crippen LogP contribution in [-0.2, 0) is 16.0 Å². The van der Waals surface area contributed by atoms with Gasteiger partial charge < -0.3 is 26.0 Å². The fourth-order valence-corrected chi connectivity index (χ4v) is 3.14. The number of rotatable bonds is 7. The van der Waals surface area contributed by atoms with Crippen LogP contribution in [0.15, 0.2) is 59.2 Å². The lowest BCUT2D eigenvalue weighted by Crippen LogP contribution is -2.50. The number of aromatic nitrogens is 1. The molecule has 2 aromatic carbocycles. The Morgan fingerprint density at radius 1 is 1.07 bits per heavy atom. The van der Waals surface area contributed by atoms with Crippen molar-refractivity contribution in [2.45, 2.75) is 12.5 Å². The van der Waals surface area contributed by atoms with Crippen molar-refractivity contribution >= 4 is 50.4 Å². The summed E-state index contributed by atoms with van der Waals surface area (Å²) in [5.41, 5.74) is 2.30. The zero-order valence-corrected chi connectivity index (χ0v) is 16.8. The van der Waals surface area contributed by atoms with Crippen molar-refractivity contribution in [2.24, 2.45) is 0 Å². The second-order valence-corrected chi connectivity index (χ2v) is 7.25. The van der Waals surface area contributed by atoms with Crippen LogP contribution in [0.5, 0.6) is 0 Å². The minimum atomic E-state index is -1.16. The van der Waals surface area contributed by atoms with Crippen molar-refractivity contribution in [1.82, 2.24) is 15.6 Å². The Balaban J connectivity index is 1.74. The van der Waals surface area contributed by atoms with Gasteiger partial charge in [-0.1, -0.05) is 34.1 Å². The number of fused-ring (bicyclic) bond motifs is 1. The zero-order chi connectivity index (χ0) is 20.8. The molecule has 0 spiro atoms. The van der Waals surface area contributed by atoms with Gasteiger partial charge in [0.25, 0.3) is 0 Å². The Labute approximate surface area is 174 Å². The molecule has 1 heterocycles. The summed E-state index contributed by atoms with van der Waals surface area (Å²) in [6.45, 7) is -0.529. The predicted octanol–water partition coefficient (Wildman–Crippen LogP) is 2.86. The van der Waals surface area contributed by atoms with Crippen molar-refractivity contribution in [1.29, 1.82) is 0 Å². The van der Waals surface area contributed by atoms with E-state index in [1.54, 1.807) is 30.5 Å². The summed E-state index contributed by atoms with van der Waals surface area (Å²) >= 11 is 3.32. The molecule has 5 N–H and O–H groups in total. The molecule has 3 amide bonds. The standard InChI is InChI=1S/C20H19BrN4O4/c21-13-5-7-14(8-6-13)24-20(29)25-17(19(28)23-11-18(26)27)9-12-10-22-16-4-2-1-3-15(12)16/h1-8,10,17,22H,9,11H2,(H,23,28)(H,26,27)(H2,24,25,29). The lowest BCUT2D eigenvalue weighted by Gasteiger charge is -2.18. The van der Waals surface area contributed by atoms with E-state index in [4.69, 9.17) is 5.11 Å². The third-order valence-electron chi connectivity index (χ3n) is 4.24. The highest BCUT2D eigenvalue weighted by Gasteiger charge is 2.23. The van der Waals surface area contributed by atoms with Gasteiger partial charge in [0.15, 0.2) is 0 Å². The van der Waals surface area contributed by atoms with Gasteiger partial charge >= 0.3 is 12.0 Å². The van der Waals surface area contributed by atoms with Gasteiger partial charge in [-0.2, -0.15) is 0 Å². The minimum Gasteiger partial charge on any atom is -0.480 e. The molecule has 3 rings (SSSR count). The maximum Gasteiger partial charge on any atom is 0.322 e. The molecule has 1 aromatic heterocycles. The van der Waals surface area contributed by atoms with Gasteiger partial charge in [-0.3, -0.25) is 9.59 Å². The fraction of sp³-hybridized carbons (Fsp3) is 0.150. The molecule has 1 atom stereocenters. The number of anilines is 1. The molecule has 0 saturated carbocycles. The molecule has 3 aromatic rings. The van der Waals surface area contributed by atoms with Gasteiger partial charge in [-0.15, -0.1) is 0 Å². The Hall–Kier alpha value is -3.33.